The molecule has 3 N–H and O–H groups in total. The van der Waals surface area contributed by atoms with Crippen molar-refractivity contribution in [1.82, 2.24) is 5.32 Å². The van der Waals surface area contributed by atoms with Crippen LogP contribution in [0.3, 0.4) is 0 Å². The second kappa shape index (κ2) is 7.14. The Kier molecular flexibility index (Phi) is 4.99. The molecule has 1 amide bonds. The number of carbonyl (C=O) groups is 1. The molecule has 0 fully saturated rings. The Morgan fingerprint density at radius 2 is 1.52 bits per heavy atom. The van der Waals surface area contributed by atoms with Crippen LogP contribution in [0.5, 0.6) is 11.5 Å². The first-order chi connectivity index (χ1) is 10.1. The maximum Gasteiger partial charge on any atom is 0.244 e. The van der Waals surface area contributed by atoms with E-state index in [0.717, 1.165) is 11.1 Å². The normalized spacial score (nSPS) is 10.7. The molecule has 4 heteroatoms. The minimum absolute atomic E-state index is 0.165. The minimum atomic E-state index is -0.165. The molecule has 0 bridgehead atoms. The van der Waals surface area contributed by atoms with Crippen LogP contribution in [0.1, 0.15) is 11.1 Å². The number of hydrogen-bond donors (Lipinski definition) is 3. The second-order valence-corrected chi connectivity index (χ2v) is 4.63. The predicted octanol–water partition coefficient (Wildman–Crippen LogP) is 2.47. The Morgan fingerprint density at radius 3 is 2.14 bits per heavy atom. The number of hydrogen-bond acceptors (Lipinski definition) is 3. The largest absolute Gasteiger partial charge is 0.508 e. The van der Waals surface area contributed by atoms with Crippen molar-refractivity contribution in [2.45, 2.75) is 6.42 Å². The van der Waals surface area contributed by atoms with Crippen molar-refractivity contribution >= 4 is 12.0 Å². The number of benzene rings is 2. The average molecular weight is 283 g/mol. The lowest BCUT2D eigenvalue weighted by Gasteiger charge is -2.03. The van der Waals surface area contributed by atoms with Gasteiger partial charge in [0.15, 0.2) is 0 Å². The average Bonchev–Trinajstić information content (AvgIpc) is 2.49. The van der Waals surface area contributed by atoms with E-state index in [2.05, 4.69) is 5.32 Å². The Labute approximate surface area is 123 Å². The summed E-state index contributed by atoms with van der Waals surface area (Å²) in [5.74, 6) is 0.270. The van der Waals surface area contributed by atoms with E-state index in [1.165, 1.54) is 6.08 Å². The Balaban J connectivity index is 1.77. The molecule has 0 atom stereocenters. The van der Waals surface area contributed by atoms with Crippen LogP contribution >= 0.6 is 0 Å². The van der Waals surface area contributed by atoms with Gasteiger partial charge in [-0.2, -0.15) is 0 Å². The molecule has 0 aromatic heterocycles. The first kappa shape index (κ1) is 14.7. The van der Waals surface area contributed by atoms with Crippen molar-refractivity contribution in [3.8, 4) is 11.5 Å². The molecule has 0 radical (unpaired) electrons. The van der Waals surface area contributed by atoms with Crippen LogP contribution in [0.2, 0.25) is 0 Å². The van der Waals surface area contributed by atoms with E-state index >= 15 is 0 Å². The van der Waals surface area contributed by atoms with Gasteiger partial charge in [-0.25, -0.2) is 0 Å². The fourth-order valence-electron chi connectivity index (χ4n) is 1.81. The van der Waals surface area contributed by atoms with Gasteiger partial charge in [0.1, 0.15) is 11.5 Å². The van der Waals surface area contributed by atoms with Crippen LogP contribution in [0.15, 0.2) is 54.6 Å². The van der Waals surface area contributed by atoms with Crippen molar-refractivity contribution in [3.63, 3.8) is 0 Å². The fourth-order valence-corrected chi connectivity index (χ4v) is 1.81. The van der Waals surface area contributed by atoms with Crippen LogP contribution < -0.4 is 5.32 Å². The number of amides is 1. The summed E-state index contributed by atoms with van der Waals surface area (Å²) in [5, 5.41) is 21.1. The van der Waals surface area contributed by atoms with Gasteiger partial charge < -0.3 is 15.5 Å². The number of phenols is 2. The zero-order valence-electron chi connectivity index (χ0n) is 11.5. The summed E-state index contributed by atoms with van der Waals surface area (Å²) in [6, 6.07) is 13.5. The summed E-state index contributed by atoms with van der Waals surface area (Å²) in [5.41, 5.74) is 1.90. The number of aromatic hydroxyl groups is 2. The molecular formula is C17H17NO3. The summed E-state index contributed by atoms with van der Waals surface area (Å²) >= 11 is 0. The van der Waals surface area contributed by atoms with Gasteiger partial charge in [0.25, 0.3) is 0 Å². The van der Waals surface area contributed by atoms with E-state index in [1.807, 2.05) is 12.1 Å². The molecule has 108 valence electrons. The smallest absolute Gasteiger partial charge is 0.244 e. The number of nitrogens with one attached hydrogen (secondary N) is 1. The number of phenolic OH excluding ortho intramolecular Hbond substituents is 2. The number of carbonyl (C=O) groups excluding carboxylic acids is 1. The second-order valence-electron chi connectivity index (χ2n) is 4.63. The molecule has 2 rings (SSSR count). The van der Waals surface area contributed by atoms with Crippen LogP contribution in [-0.2, 0) is 11.2 Å². The first-order valence-electron chi connectivity index (χ1n) is 6.66. The van der Waals surface area contributed by atoms with Gasteiger partial charge in [-0.15, -0.1) is 0 Å². The monoisotopic (exact) mass is 283 g/mol. The zero-order chi connectivity index (χ0) is 15.1. The van der Waals surface area contributed by atoms with E-state index in [-0.39, 0.29) is 17.4 Å². The maximum atomic E-state index is 11.6. The van der Waals surface area contributed by atoms with Crippen molar-refractivity contribution < 1.29 is 15.0 Å². The molecule has 0 saturated carbocycles. The lowest BCUT2D eigenvalue weighted by Crippen LogP contribution is -2.23. The van der Waals surface area contributed by atoms with Gasteiger partial charge in [-0.05, 0) is 47.9 Å². The molecule has 0 aliphatic carbocycles. The van der Waals surface area contributed by atoms with E-state index in [1.54, 1.807) is 42.5 Å². The lowest BCUT2D eigenvalue weighted by atomic mass is 10.1. The highest BCUT2D eigenvalue weighted by atomic mass is 16.3. The quantitative estimate of drug-likeness (QED) is 0.738. The van der Waals surface area contributed by atoms with E-state index < -0.39 is 0 Å². The van der Waals surface area contributed by atoms with Gasteiger partial charge in [0.05, 0.1) is 0 Å². The van der Waals surface area contributed by atoms with Crippen molar-refractivity contribution in [3.05, 3.63) is 65.7 Å². The van der Waals surface area contributed by atoms with Crippen LogP contribution in [0.4, 0.5) is 0 Å². The van der Waals surface area contributed by atoms with E-state index in [9.17, 15) is 9.90 Å². The Hall–Kier alpha value is -2.75. The molecule has 0 unspecified atom stereocenters. The van der Waals surface area contributed by atoms with Gasteiger partial charge >= 0.3 is 0 Å². The zero-order valence-corrected chi connectivity index (χ0v) is 11.5. The predicted molar refractivity (Wildman–Crippen MR) is 82.0 cm³/mol. The summed E-state index contributed by atoms with van der Waals surface area (Å²) in [4.78, 5) is 11.6. The fraction of sp³-hybridized carbons (Fsp3) is 0.118. The molecule has 2 aromatic carbocycles. The van der Waals surface area contributed by atoms with Crippen molar-refractivity contribution in [2.75, 3.05) is 6.54 Å². The molecule has 0 heterocycles. The Morgan fingerprint density at radius 1 is 0.952 bits per heavy atom. The summed E-state index contributed by atoms with van der Waals surface area (Å²) in [7, 11) is 0. The third-order valence-corrected chi connectivity index (χ3v) is 2.97. The molecule has 0 aliphatic heterocycles. The molecule has 0 saturated heterocycles. The van der Waals surface area contributed by atoms with Crippen molar-refractivity contribution in [1.29, 1.82) is 0 Å². The molecule has 0 aliphatic rings. The van der Waals surface area contributed by atoms with Gasteiger partial charge in [-0.1, -0.05) is 24.3 Å². The maximum absolute atomic E-state index is 11.6. The van der Waals surface area contributed by atoms with Crippen molar-refractivity contribution in [2.24, 2.45) is 0 Å². The van der Waals surface area contributed by atoms with E-state index in [4.69, 9.17) is 5.11 Å². The lowest BCUT2D eigenvalue weighted by molar-refractivity contribution is -0.116. The highest BCUT2D eigenvalue weighted by Gasteiger charge is 1.97. The van der Waals surface area contributed by atoms with E-state index in [0.29, 0.717) is 13.0 Å². The third-order valence-electron chi connectivity index (χ3n) is 2.97. The van der Waals surface area contributed by atoms with Crippen LogP contribution in [-0.4, -0.2) is 22.7 Å². The first-order valence-corrected chi connectivity index (χ1v) is 6.66. The molecule has 4 nitrogen and oxygen atoms in total. The minimum Gasteiger partial charge on any atom is -0.508 e. The SMILES string of the molecule is O=C(/C=C\c1ccc(O)cc1)NCCc1ccc(O)cc1. The molecule has 0 spiro atoms. The number of rotatable bonds is 5. The topological polar surface area (TPSA) is 69.6 Å². The van der Waals surface area contributed by atoms with Gasteiger partial charge in [-0.3, -0.25) is 4.79 Å². The molecule has 21 heavy (non-hydrogen) atoms. The Bertz CT molecular complexity index is 615. The highest BCUT2D eigenvalue weighted by Crippen LogP contribution is 2.11. The van der Waals surface area contributed by atoms with Crippen LogP contribution in [0, 0.1) is 0 Å². The van der Waals surface area contributed by atoms with Crippen LogP contribution in [0.25, 0.3) is 6.08 Å². The standard InChI is InChI=1S/C17H17NO3/c19-15-6-1-13(2-7-15)5-10-17(21)18-12-11-14-3-8-16(20)9-4-14/h1-10,19-20H,11-12H2,(H,18,21)/b10-5-. The summed E-state index contributed by atoms with van der Waals surface area (Å²) in [6.45, 7) is 0.531. The molecular weight excluding hydrogens is 266 g/mol. The third kappa shape index (κ3) is 5.03. The summed E-state index contributed by atoms with van der Waals surface area (Å²) in [6.07, 6.45) is 3.86. The highest BCUT2D eigenvalue weighted by molar-refractivity contribution is 5.91. The van der Waals surface area contributed by atoms with Gasteiger partial charge in [0, 0.05) is 12.6 Å². The van der Waals surface area contributed by atoms with Gasteiger partial charge in [0.2, 0.25) is 5.91 Å². The molecule has 2 aromatic rings. The summed E-state index contributed by atoms with van der Waals surface area (Å²) < 4.78 is 0.